The molecule has 0 radical (unpaired) electrons. The van der Waals surface area contributed by atoms with Crippen molar-refractivity contribution in [3.05, 3.63) is 23.8 Å². The van der Waals surface area contributed by atoms with Gasteiger partial charge in [-0.05, 0) is 24.6 Å². The fourth-order valence-corrected chi connectivity index (χ4v) is 0.859. The van der Waals surface area contributed by atoms with Crippen LogP contribution in [0.5, 0.6) is 0 Å². The maximum Gasteiger partial charge on any atom is 0.211 e. The lowest BCUT2D eigenvalue weighted by molar-refractivity contribution is -0.105. The molecule has 0 saturated carbocycles. The molecule has 0 aliphatic rings. The van der Waals surface area contributed by atoms with Gasteiger partial charge in [0.15, 0.2) is 0 Å². The Morgan fingerprint density at radius 3 is 2.91 bits per heavy atom. The predicted molar refractivity (Wildman–Crippen MR) is 45.3 cm³/mol. The number of nitrogen functional groups attached to an aromatic ring is 1. The van der Waals surface area contributed by atoms with Crippen LogP contribution in [0, 0.1) is 6.92 Å². The van der Waals surface area contributed by atoms with Crippen LogP contribution >= 0.6 is 0 Å². The van der Waals surface area contributed by atoms with Crippen molar-refractivity contribution in [3.63, 3.8) is 0 Å². The molecule has 0 aliphatic heterocycles. The number of carbonyl (C=O) groups is 1. The molecule has 3 nitrogen and oxygen atoms in total. The van der Waals surface area contributed by atoms with Crippen molar-refractivity contribution in [2.24, 2.45) is 0 Å². The van der Waals surface area contributed by atoms with Gasteiger partial charge in [0.2, 0.25) is 6.41 Å². The van der Waals surface area contributed by atoms with Crippen LogP contribution in [0.25, 0.3) is 0 Å². The van der Waals surface area contributed by atoms with Gasteiger partial charge in [0.25, 0.3) is 0 Å². The molecule has 1 aromatic carbocycles. The fraction of sp³-hybridized carbons (Fsp3) is 0.125. The summed E-state index contributed by atoms with van der Waals surface area (Å²) in [6, 6.07) is 5.39. The van der Waals surface area contributed by atoms with E-state index in [1.54, 1.807) is 12.1 Å². The molecule has 3 heteroatoms. The second kappa shape index (κ2) is 3.05. The minimum Gasteiger partial charge on any atom is -0.399 e. The third-order valence-corrected chi connectivity index (χ3v) is 1.48. The molecule has 1 rings (SSSR count). The Morgan fingerprint density at radius 2 is 2.27 bits per heavy atom. The van der Waals surface area contributed by atoms with Crippen LogP contribution in [0.2, 0.25) is 0 Å². The van der Waals surface area contributed by atoms with E-state index >= 15 is 0 Å². The minimum atomic E-state index is 0.641. The number of benzene rings is 1. The van der Waals surface area contributed by atoms with Crippen molar-refractivity contribution >= 4 is 17.8 Å². The number of anilines is 2. The minimum absolute atomic E-state index is 0.641. The zero-order chi connectivity index (χ0) is 8.27. The number of hydrogen-bond donors (Lipinski definition) is 2. The lowest BCUT2D eigenvalue weighted by Crippen LogP contribution is -1.97. The van der Waals surface area contributed by atoms with Crippen molar-refractivity contribution in [1.82, 2.24) is 0 Å². The number of carbonyl (C=O) groups excluding carboxylic acids is 1. The first-order valence-electron chi connectivity index (χ1n) is 3.30. The SMILES string of the molecule is Cc1ccc(N)cc1NC=O. The molecule has 1 aromatic rings. The van der Waals surface area contributed by atoms with Crippen LogP contribution in [0.15, 0.2) is 18.2 Å². The first kappa shape index (κ1) is 7.60. The van der Waals surface area contributed by atoms with Gasteiger partial charge < -0.3 is 11.1 Å². The van der Waals surface area contributed by atoms with Crippen molar-refractivity contribution in [1.29, 1.82) is 0 Å². The van der Waals surface area contributed by atoms with E-state index in [-0.39, 0.29) is 0 Å². The van der Waals surface area contributed by atoms with Crippen LogP contribution in [-0.2, 0) is 4.79 Å². The molecule has 0 bridgehead atoms. The number of nitrogens with two attached hydrogens (primary N) is 1. The third-order valence-electron chi connectivity index (χ3n) is 1.48. The maximum absolute atomic E-state index is 10.1. The molecule has 58 valence electrons. The molecule has 3 N–H and O–H groups in total. The lowest BCUT2D eigenvalue weighted by Gasteiger charge is -2.03. The predicted octanol–water partition coefficient (Wildman–Crippen LogP) is 1.15. The molecule has 0 aliphatic carbocycles. The molecule has 1 amide bonds. The molecule has 0 saturated heterocycles. The number of aryl methyl sites for hydroxylation is 1. The van der Waals surface area contributed by atoms with E-state index in [0.717, 1.165) is 11.3 Å². The van der Waals surface area contributed by atoms with Gasteiger partial charge in [-0.15, -0.1) is 0 Å². The lowest BCUT2D eigenvalue weighted by atomic mass is 10.2. The summed E-state index contributed by atoms with van der Waals surface area (Å²) >= 11 is 0. The number of nitrogens with one attached hydrogen (secondary N) is 1. The van der Waals surface area contributed by atoms with Gasteiger partial charge in [0.05, 0.1) is 0 Å². The smallest absolute Gasteiger partial charge is 0.211 e. The number of amides is 1. The van der Waals surface area contributed by atoms with E-state index < -0.39 is 0 Å². The summed E-state index contributed by atoms with van der Waals surface area (Å²) in [7, 11) is 0. The van der Waals surface area contributed by atoms with Crippen molar-refractivity contribution < 1.29 is 4.79 Å². The summed E-state index contributed by atoms with van der Waals surface area (Å²) in [5, 5.41) is 2.56. The standard InChI is InChI=1S/C8H10N2O/c1-6-2-3-7(9)4-8(6)10-5-11/h2-5H,9H2,1H3,(H,10,11). The summed E-state index contributed by atoms with van der Waals surface area (Å²) in [6.45, 7) is 1.91. The fourth-order valence-electron chi connectivity index (χ4n) is 0.859. The summed E-state index contributed by atoms with van der Waals surface area (Å²) in [6.07, 6.45) is 0.641. The Labute approximate surface area is 65.2 Å². The Morgan fingerprint density at radius 1 is 1.55 bits per heavy atom. The first-order chi connectivity index (χ1) is 5.24. The zero-order valence-corrected chi connectivity index (χ0v) is 6.29. The number of hydrogen-bond acceptors (Lipinski definition) is 2. The van der Waals surface area contributed by atoms with Gasteiger partial charge >= 0.3 is 0 Å². The van der Waals surface area contributed by atoms with Crippen LogP contribution in [0.4, 0.5) is 11.4 Å². The highest BCUT2D eigenvalue weighted by atomic mass is 16.1. The highest BCUT2D eigenvalue weighted by Gasteiger charge is 1.95. The summed E-state index contributed by atoms with van der Waals surface area (Å²) in [4.78, 5) is 10.1. The molecular formula is C8H10N2O. The zero-order valence-electron chi connectivity index (χ0n) is 6.29. The van der Waals surface area contributed by atoms with Crippen LogP contribution in [0.3, 0.4) is 0 Å². The average molecular weight is 150 g/mol. The van der Waals surface area contributed by atoms with Crippen LogP contribution in [-0.4, -0.2) is 6.41 Å². The molecule has 0 fully saturated rings. The van der Waals surface area contributed by atoms with Gasteiger partial charge in [0.1, 0.15) is 0 Å². The molecule has 0 aromatic heterocycles. The maximum atomic E-state index is 10.1. The highest BCUT2D eigenvalue weighted by molar-refractivity contribution is 5.75. The second-order valence-electron chi connectivity index (χ2n) is 2.34. The Bertz CT molecular complexity index is 271. The van der Waals surface area contributed by atoms with Gasteiger partial charge in [-0.3, -0.25) is 4.79 Å². The quantitative estimate of drug-likeness (QED) is 0.490. The Hall–Kier alpha value is -1.51. The van der Waals surface area contributed by atoms with E-state index in [2.05, 4.69) is 5.32 Å². The van der Waals surface area contributed by atoms with Gasteiger partial charge in [0, 0.05) is 11.4 Å². The normalized spacial score (nSPS) is 9.18. The van der Waals surface area contributed by atoms with E-state index in [1.165, 1.54) is 0 Å². The monoisotopic (exact) mass is 150 g/mol. The molecule has 0 unspecified atom stereocenters. The van der Waals surface area contributed by atoms with Crippen molar-refractivity contribution in [2.45, 2.75) is 6.92 Å². The van der Waals surface area contributed by atoms with Crippen molar-refractivity contribution in [3.8, 4) is 0 Å². The molecule has 0 heterocycles. The van der Waals surface area contributed by atoms with E-state index in [4.69, 9.17) is 5.73 Å². The summed E-state index contributed by atoms with van der Waals surface area (Å²) in [5.74, 6) is 0. The highest BCUT2D eigenvalue weighted by Crippen LogP contribution is 2.16. The van der Waals surface area contributed by atoms with Crippen LogP contribution in [0.1, 0.15) is 5.56 Å². The summed E-state index contributed by atoms with van der Waals surface area (Å²) < 4.78 is 0. The third kappa shape index (κ3) is 1.70. The van der Waals surface area contributed by atoms with Gasteiger partial charge in [-0.2, -0.15) is 0 Å². The molecule has 11 heavy (non-hydrogen) atoms. The molecule has 0 spiro atoms. The number of rotatable bonds is 2. The Balaban J connectivity index is 3.01. The first-order valence-corrected chi connectivity index (χ1v) is 3.30. The largest absolute Gasteiger partial charge is 0.399 e. The van der Waals surface area contributed by atoms with Gasteiger partial charge in [-0.25, -0.2) is 0 Å². The van der Waals surface area contributed by atoms with Crippen molar-refractivity contribution in [2.75, 3.05) is 11.1 Å². The molecular weight excluding hydrogens is 140 g/mol. The molecule has 0 atom stereocenters. The van der Waals surface area contributed by atoms with Gasteiger partial charge in [-0.1, -0.05) is 6.07 Å². The average Bonchev–Trinajstić information content (AvgIpc) is 1.98. The van der Waals surface area contributed by atoms with Crippen LogP contribution < -0.4 is 11.1 Å². The summed E-state index contributed by atoms with van der Waals surface area (Å²) in [5.41, 5.74) is 7.92. The van der Waals surface area contributed by atoms with E-state index in [1.807, 2.05) is 13.0 Å². The van der Waals surface area contributed by atoms with E-state index in [0.29, 0.717) is 12.1 Å². The topological polar surface area (TPSA) is 55.1 Å². The van der Waals surface area contributed by atoms with E-state index in [9.17, 15) is 4.79 Å². The Kier molecular flexibility index (Phi) is 2.11. The second-order valence-corrected chi connectivity index (χ2v) is 2.34.